The number of nitrogens with two attached hydrogens (primary N) is 1. The van der Waals surface area contributed by atoms with Gasteiger partial charge in [0.2, 0.25) is 0 Å². The normalized spacial score (nSPS) is 25.9. The average Bonchev–Trinajstić information content (AvgIpc) is 2.38. The lowest BCUT2D eigenvalue weighted by molar-refractivity contribution is 0.192. The van der Waals surface area contributed by atoms with Gasteiger partial charge in [-0.05, 0) is 37.6 Å². The van der Waals surface area contributed by atoms with Crippen LogP contribution in [0.5, 0.6) is 0 Å². The Bertz CT molecular complexity index is 353. The van der Waals surface area contributed by atoms with Crippen molar-refractivity contribution in [3.63, 3.8) is 0 Å². The smallest absolute Gasteiger partial charge is 0.281 e. The maximum Gasteiger partial charge on any atom is 0.281 e. The molecule has 1 saturated heterocycles. The van der Waals surface area contributed by atoms with Gasteiger partial charge in [-0.2, -0.15) is 17.0 Å². The van der Waals surface area contributed by atoms with E-state index < -0.39 is 10.2 Å². The van der Waals surface area contributed by atoms with Crippen molar-refractivity contribution >= 4 is 10.2 Å². The zero-order chi connectivity index (χ0) is 14.5. The van der Waals surface area contributed by atoms with Crippen LogP contribution in [-0.4, -0.2) is 49.8 Å². The van der Waals surface area contributed by atoms with E-state index in [-0.39, 0.29) is 5.92 Å². The second-order valence-electron chi connectivity index (χ2n) is 5.53. The van der Waals surface area contributed by atoms with E-state index in [2.05, 4.69) is 6.92 Å². The first-order chi connectivity index (χ1) is 8.97. The van der Waals surface area contributed by atoms with Crippen molar-refractivity contribution in [2.45, 2.75) is 40.0 Å². The van der Waals surface area contributed by atoms with Crippen molar-refractivity contribution in [2.75, 3.05) is 32.7 Å². The van der Waals surface area contributed by atoms with Gasteiger partial charge in [-0.1, -0.05) is 20.8 Å². The van der Waals surface area contributed by atoms with Crippen molar-refractivity contribution < 1.29 is 8.42 Å². The predicted molar refractivity (Wildman–Crippen MR) is 79.0 cm³/mol. The summed E-state index contributed by atoms with van der Waals surface area (Å²) in [5.41, 5.74) is 5.76. The van der Waals surface area contributed by atoms with Gasteiger partial charge in [0.15, 0.2) is 0 Å². The molecular weight excluding hydrogens is 262 g/mol. The van der Waals surface area contributed by atoms with Crippen LogP contribution in [0.15, 0.2) is 0 Å². The summed E-state index contributed by atoms with van der Waals surface area (Å²) in [7, 11) is -3.30. The predicted octanol–water partition coefficient (Wildman–Crippen LogP) is 1.27. The van der Waals surface area contributed by atoms with Gasteiger partial charge in [-0.25, -0.2) is 0 Å². The SMILES string of the molecule is CCCN(CCC)S(=O)(=O)N1CCC(C)C(CN)C1. The Morgan fingerprint density at radius 3 is 2.32 bits per heavy atom. The molecule has 2 atom stereocenters. The topological polar surface area (TPSA) is 66.6 Å². The van der Waals surface area contributed by atoms with Gasteiger partial charge in [0, 0.05) is 26.2 Å². The van der Waals surface area contributed by atoms with Crippen LogP contribution in [0.2, 0.25) is 0 Å². The van der Waals surface area contributed by atoms with Crippen molar-refractivity contribution in [1.29, 1.82) is 0 Å². The van der Waals surface area contributed by atoms with Crippen molar-refractivity contribution in [3.8, 4) is 0 Å². The van der Waals surface area contributed by atoms with Gasteiger partial charge in [0.05, 0.1) is 0 Å². The van der Waals surface area contributed by atoms with E-state index >= 15 is 0 Å². The molecule has 0 aromatic heterocycles. The summed E-state index contributed by atoms with van der Waals surface area (Å²) in [6, 6.07) is 0. The molecule has 114 valence electrons. The quantitative estimate of drug-likeness (QED) is 0.768. The van der Waals surface area contributed by atoms with Gasteiger partial charge in [-0.15, -0.1) is 0 Å². The molecular formula is C13H29N3O2S. The largest absolute Gasteiger partial charge is 0.330 e. The molecule has 6 heteroatoms. The van der Waals surface area contributed by atoms with E-state index in [1.807, 2.05) is 13.8 Å². The number of hydrogen-bond acceptors (Lipinski definition) is 3. The number of nitrogens with zero attached hydrogens (tertiary/aromatic N) is 2. The fourth-order valence-corrected chi connectivity index (χ4v) is 4.51. The summed E-state index contributed by atoms with van der Waals surface area (Å²) >= 11 is 0. The van der Waals surface area contributed by atoms with E-state index in [0.29, 0.717) is 38.6 Å². The Kier molecular flexibility index (Phi) is 6.73. The average molecular weight is 291 g/mol. The van der Waals surface area contributed by atoms with Crippen molar-refractivity contribution in [1.82, 2.24) is 8.61 Å². The second kappa shape index (κ2) is 7.57. The minimum Gasteiger partial charge on any atom is -0.330 e. The zero-order valence-corrected chi connectivity index (χ0v) is 13.3. The van der Waals surface area contributed by atoms with Crippen LogP contribution in [0.3, 0.4) is 0 Å². The molecule has 0 aromatic rings. The molecule has 0 radical (unpaired) electrons. The van der Waals surface area contributed by atoms with E-state index in [1.54, 1.807) is 8.61 Å². The Morgan fingerprint density at radius 1 is 1.26 bits per heavy atom. The lowest BCUT2D eigenvalue weighted by Crippen LogP contribution is -2.51. The molecule has 19 heavy (non-hydrogen) atoms. The zero-order valence-electron chi connectivity index (χ0n) is 12.5. The third-order valence-electron chi connectivity index (χ3n) is 3.98. The van der Waals surface area contributed by atoms with Crippen LogP contribution < -0.4 is 5.73 Å². The molecule has 1 heterocycles. The molecule has 0 aromatic carbocycles. The fraction of sp³-hybridized carbons (Fsp3) is 1.00. The Balaban J connectivity index is 2.80. The molecule has 0 spiro atoms. The van der Waals surface area contributed by atoms with E-state index in [9.17, 15) is 8.42 Å². The molecule has 0 bridgehead atoms. The van der Waals surface area contributed by atoms with Crippen LogP contribution >= 0.6 is 0 Å². The summed E-state index contributed by atoms with van der Waals surface area (Å²) in [6.45, 7) is 9.17. The second-order valence-corrected chi connectivity index (χ2v) is 7.46. The van der Waals surface area contributed by atoms with Crippen molar-refractivity contribution in [2.24, 2.45) is 17.6 Å². The number of hydrogen-bond donors (Lipinski definition) is 1. The molecule has 0 aliphatic carbocycles. The van der Waals surface area contributed by atoms with Crippen LogP contribution in [-0.2, 0) is 10.2 Å². The third-order valence-corrected chi connectivity index (χ3v) is 5.98. The van der Waals surface area contributed by atoms with E-state index in [4.69, 9.17) is 5.73 Å². The fourth-order valence-electron chi connectivity index (χ4n) is 2.64. The van der Waals surface area contributed by atoms with Crippen molar-refractivity contribution in [3.05, 3.63) is 0 Å². The highest BCUT2D eigenvalue weighted by Crippen LogP contribution is 2.25. The Morgan fingerprint density at radius 2 is 1.84 bits per heavy atom. The molecule has 1 aliphatic rings. The van der Waals surface area contributed by atoms with Crippen LogP contribution in [0.25, 0.3) is 0 Å². The summed E-state index contributed by atoms with van der Waals surface area (Å²) in [5.74, 6) is 0.802. The first-order valence-electron chi connectivity index (χ1n) is 7.42. The Hall–Kier alpha value is -0.170. The molecule has 5 nitrogen and oxygen atoms in total. The third kappa shape index (κ3) is 4.15. The summed E-state index contributed by atoms with van der Waals surface area (Å²) in [5, 5.41) is 0. The highest BCUT2D eigenvalue weighted by atomic mass is 32.2. The Labute approximate surface area is 118 Å². The number of rotatable bonds is 7. The first kappa shape index (κ1) is 16.9. The molecule has 1 fully saturated rings. The molecule has 2 N–H and O–H groups in total. The van der Waals surface area contributed by atoms with Gasteiger partial charge < -0.3 is 5.73 Å². The molecule has 1 rings (SSSR count). The summed E-state index contributed by atoms with van der Waals surface area (Å²) in [4.78, 5) is 0. The number of piperidine rings is 1. The molecule has 2 unspecified atom stereocenters. The summed E-state index contributed by atoms with van der Waals surface area (Å²) in [6.07, 6.45) is 2.61. The van der Waals surface area contributed by atoms with Crippen LogP contribution in [0.1, 0.15) is 40.0 Å². The van der Waals surface area contributed by atoms with Gasteiger partial charge in [0.1, 0.15) is 0 Å². The van der Waals surface area contributed by atoms with Crippen LogP contribution in [0.4, 0.5) is 0 Å². The van der Waals surface area contributed by atoms with Gasteiger partial charge >= 0.3 is 0 Å². The summed E-state index contributed by atoms with van der Waals surface area (Å²) < 4.78 is 28.5. The highest BCUT2D eigenvalue weighted by molar-refractivity contribution is 7.86. The van der Waals surface area contributed by atoms with Crippen LogP contribution in [0, 0.1) is 11.8 Å². The molecule has 0 amide bonds. The maximum absolute atomic E-state index is 12.6. The maximum atomic E-state index is 12.6. The van der Waals surface area contributed by atoms with Gasteiger partial charge in [0.25, 0.3) is 10.2 Å². The van der Waals surface area contributed by atoms with E-state index in [0.717, 1.165) is 19.3 Å². The first-order valence-corrected chi connectivity index (χ1v) is 8.82. The molecule has 1 aliphatic heterocycles. The minimum absolute atomic E-state index is 0.286. The molecule has 0 saturated carbocycles. The van der Waals surface area contributed by atoms with Gasteiger partial charge in [-0.3, -0.25) is 0 Å². The monoisotopic (exact) mass is 291 g/mol. The standard InChI is InChI=1S/C13H29N3O2S/c1-4-7-15(8-5-2)19(17,18)16-9-6-12(3)13(10-14)11-16/h12-13H,4-11,14H2,1-3H3. The lowest BCUT2D eigenvalue weighted by Gasteiger charge is -2.38. The highest BCUT2D eigenvalue weighted by Gasteiger charge is 2.35. The minimum atomic E-state index is -3.30. The van der Waals surface area contributed by atoms with E-state index in [1.165, 1.54) is 0 Å². The lowest BCUT2D eigenvalue weighted by atomic mass is 9.88.